The topological polar surface area (TPSA) is 88.5 Å². The highest BCUT2D eigenvalue weighted by Crippen LogP contribution is 2.39. The van der Waals surface area contributed by atoms with Crippen molar-refractivity contribution in [1.29, 1.82) is 0 Å². The van der Waals surface area contributed by atoms with Crippen LogP contribution in [-0.2, 0) is 9.53 Å². The zero-order valence-corrected chi connectivity index (χ0v) is 21.7. The second-order valence-corrected chi connectivity index (χ2v) is 10.1. The van der Waals surface area contributed by atoms with E-state index in [1.165, 1.54) is 13.3 Å². The number of methoxy groups -OCH3 is 1. The second-order valence-electron chi connectivity index (χ2n) is 9.24. The van der Waals surface area contributed by atoms with Gasteiger partial charge in [-0.15, -0.1) is 11.3 Å². The maximum absolute atomic E-state index is 15.6. The number of aliphatic carboxylic acids is 1. The van der Waals surface area contributed by atoms with Crippen LogP contribution in [0.5, 0.6) is 0 Å². The van der Waals surface area contributed by atoms with Gasteiger partial charge in [0.1, 0.15) is 17.5 Å². The van der Waals surface area contributed by atoms with Crippen LogP contribution in [-0.4, -0.2) is 29.1 Å². The molecule has 38 heavy (non-hydrogen) atoms. The number of nitrogens with zero attached hydrogens (tertiary/aromatic N) is 1. The lowest BCUT2D eigenvalue weighted by molar-refractivity contribution is -0.132. The highest BCUT2D eigenvalue weighted by Gasteiger charge is 2.28. The first-order valence-corrected chi connectivity index (χ1v) is 13.1. The summed E-state index contributed by atoms with van der Waals surface area (Å²) in [4.78, 5) is 27.9. The third-order valence-corrected chi connectivity index (χ3v) is 7.46. The SMILES string of the molecule is COC(c1cccc(-c2csc(NC(=O)c3cc(F)c(C=C(C)C(=O)O)c(F)c3)n2)c1F)C1CCCCC1. The summed E-state index contributed by atoms with van der Waals surface area (Å²) in [6.07, 6.45) is 5.81. The Morgan fingerprint density at radius 3 is 2.47 bits per heavy atom. The van der Waals surface area contributed by atoms with Gasteiger partial charge in [0.05, 0.1) is 11.8 Å². The minimum atomic E-state index is -1.32. The molecule has 200 valence electrons. The first-order chi connectivity index (χ1) is 18.2. The summed E-state index contributed by atoms with van der Waals surface area (Å²) in [6, 6.07) is 6.69. The highest BCUT2D eigenvalue weighted by atomic mass is 32.1. The first kappa shape index (κ1) is 27.5. The van der Waals surface area contributed by atoms with Gasteiger partial charge in [-0.25, -0.2) is 22.9 Å². The maximum Gasteiger partial charge on any atom is 0.331 e. The molecule has 10 heteroatoms. The van der Waals surface area contributed by atoms with Crippen molar-refractivity contribution in [3.05, 3.63) is 75.4 Å². The van der Waals surface area contributed by atoms with E-state index in [0.717, 1.165) is 55.2 Å². The van der Waals surface area contributed by atoms with Gasteiger partial charge in [0, 0.05) is 40.3 Å². The van der Waals surface area contributed by atoms with Crippen LogP contribution in [0.4, 0.5) is 18.3 Å². The summed E-state index contributed by atoms with van der Waals surface area (Å²) in [5.41, 5.74) is -0.0958. The number of hydrogen-bond donors (Lipinski definition) is 2. The van der Waals surface area contributed by atoms with E-state index in [1.54, 1.807) is 30.7 Å². The number of ether oxygens (including phenoxy) is 1. The zero-order chi connectivity index (χ0) is 27.4. The average molecular weight is 545 g/mol. The van der Waals surface area contributed by atoms with Crippen LogP contribution in [0, 0.1) is 23.4 Å². The fraction of sp³-hybridized carbons (Fsp3) is 0.321. The van der Waals surface area contributed by atoms with Crippen molar-refractivity contribution in [2.45, 2.75) is 45.1 Å². The van der Waals surface area contributed by atoms with Crippen LogP contribution >= 0.6 is 11.3 Å². The van der Waals surface area contributed by atoms with E-state index in [4.69, 9.17) is 9.84 Å². The number of halogens is 3. The number of nitrogens with one attached hydrogen (secondary N) is 1. The molecule has 1 saturated carbocycles. The maximum atomic E-state index is 15.6. The minimum absolute atomic E-state index is 0.122. The lowest BCUT2D eigenvalue weighted by Crippen LogP contribution is -2.19. The van der Waals surface area contributed by atoms with Crippen molar-refractivity contribution < 1.29 is 32.6 Å². The molecule has 2 N–H and O–H groups in total. The molecule has 1 aliphatic rings. The van der Waals surface area contributed by atoms with Crippen molar-refractivity contribution in [2.75, 3.05) is 12.4 Å². The van der Waals surface area contributed by atoms with Crippen LogP contribution in [0.1, 0.15) is 66.6 Å². The summed E-state index contributed by atoms with van der Waals surface area (Å²) >= 11 is 1.04. The average Bonchev–Trinajstić information content (AvgIpc) is 3.36. The van der Waals surface area contributed by atoms with Crippen molar-refractivity contribution in [3.63, 3.8) is 0 Å². The molecule has 0 radical (unpaired) electrons. The van der Waals surface area contributed by atoms with Gasteiger partial charge in [0.15, 0.2) is 5.13 Å². The molecule has 0 aliphatic heterocycles. The van der Waals surface area contributed by atoms with Gasteiger partial charge < -0.3 is 9.84 Å². The lowest BCUT2D eigenvalue weighted by Gasteiger charge is -2.30. The van der Waals surface area contributed by atoms with Crippen LogP contribution in [0.15, 0.2) is 41.3 Å². The summed E-state index contributed by atoms with van der Waals surface area (Å²) in [6.45, 7) is 1.20. The predicted octanol–water partition coefficient (Wildman–Crippen LogP) is 7.24. The molecule has 1 amide bonds. The molecule has 0 bridgehead atoms. The Hall–Kier alpha value is -3.50. The number of carbonyl (C=O) groups is 2. The molecular weight excluding hydrogens is 517 g/mol. The van der Waals surface area contributed by atoms with Crippen molar-refractivity contribution in [3.8, 4) is 11.3 Å². The van der Waals surface area contributed by atoms with Gasteiger partial charge >= 0.3 is 5.97 Å². The van der Waals surface area contributed by atoms with Gasteiger partial charge in [-0.1, -0.05) is 31.4 Å². The standard InChI is InChI=1S/C28H27F3N2O4S/c1-15(27(35)36)11-20-21(29)12-17(13-22(20)30)26(34)33-28-32-23(14-38-28)18-9-6-10-19(24(18)31)25(37-2)16-7-4-3-5-8-16/h6,9-14,16,25H,3-5,7-8H2,1-2H3,(H,35,36)(H,32,33,34). The van der Waals surface area contributed by atoms with Gasteiger partial charge in [0.25, 0.3) is 5.91 Å². The van der Waals surface area contributed by atoms with E-state index in [2.05, 4.69) is 10.3 Å². The molecule has 6 nitrogen and oxygen atoms in total. The predicted molar refractivity (Wildman–Crippen MR) is 139 cm³/mol. The van der Waals surface area contributed by atoms with E-state index in [0.29, 0.717) is 11.3 Å². The molecule has 1 aliphatic carbocycles. The van der Waals surface area contributed by atoms with E-state index in [9.17, 15) is 18.4 Å². The number of thiazole rings is 1. The second kappa shape index (κ2) is 11.9. The Bertz CT molecular complexity index is 1360. The monoisotopic (exact) mass is 544 g/mol. The fourth-order valence-electron chi connectivity index (χ4n) is 4.73. The molecule has 0 saturated heterocycles. The molecule has 1 atom stereocenters. The van der Waals surface area contributed by atoms with E-state index >= 15 is 4.39 Å². The Morgan fingerprint density at radius 2 is 1.84 bits per heavy atom. The molecule has 4 rings (SSSR count). The Balaban J connectivity index is 1.54. The van der Waals surface area contributed by atoms with E-state index in [-0.39, 0.29) is 33.9 Å². The molecule has 1 fully saturated rings. The Kier molecular flexibility index (Phi) is 8.63. The number of carboxylic acid groups (broad SMARTS) is 1. The lowest BCUT2D eigenvalue weighted by atomic mass is 9.82. The number of amides is 1. The number of carboxylic acids is 1. The van der Waals surface area contributed by atoms with Crippen LogP contribution in [0.3, 0.4) is 0 Å². The third kappa shape index (κ3) is 5.97. The van der Waals surface area contributed by atoms with E-state index < -0.39 is 34.9 Å². The molecule has 1 aromatic heterocycles. The number of rotatable bonds is 8. The van der Waals surface area contributed by atoms with Gasteiger partial charge in [-0.05, 0) is 50.0 Å². The fourth-order valence-corrected chi connectivity index (χ4v) is 5.44. The van der Waals surface area contributed by atoms with Crippen LogP contribution in [0.25, 0.3) is 17.3 Å². The number of anilines is 1. The third-order valence-electron chi connectivity index (χ3n) is 6.71. The number of aromatic nitrogens is 1. The van der Waals surface area contributed by atoms with Crippen LogP contribution in [0.2, 0.25) is 0 Å². The van der Waals surface area contributed by atoms with E-state index in [1.807, 2.05) is 0 Å². The van der Waals surface area contributed by atoms with Crippen molar-refractivity contribution in [2.24, 2.45) is 5.92 Å². The molecule has 0 spiro atoms. The molecule has 2 aromatic carbocycles. The number of carbonyl (C=O) groups excluding carboxylic acids is 1. The number of hydrogen-bond acceptors (Lipinski definition) is 5. The van der Waals surface area contributed by atoms with Gasteiger partial charge in [-0.3, -0.25) is 10.1 Å². The Morgan fingerprint density at radius 1 is 1.16 bits per heavy atom. The zero-order valence-electron chi connectivity index (χ0n) is 20.9. The molecular formula is C28H27F3N2O4S. The summed E-state index contributed by atoms with van der Waals surface area (Å²) in [5.74, 6) is -4.50. The first-order valence-electron chi connectivity index (χ1n) is 12.2. The van der Waals surface area contributed by atoms with Crippen LogP contribution < -0.4 is 5.32 Å². The minimum Gasteiger partial charge on any atom is -0.478 e. The Labute approximate surface area is 222 Å². The summed E-state index contributed by atoms with van der Waals surface area (Å²) in [7, 11) is 1.59. The summed E-state index contributed by atoms with van der Waals surface area (Å²) < 4.78 is 50.2. The normalized spacial score (nSPS) is 15.3. The smallest absolute Gasteiger partial charge is 0.331 e. The highest BCUT2D eigenvalue weighted by molar-refractivity contribution is 7.14. The number of benzene rings is 2. The summed E-state index contributed by atoms with van der Waals surface area (Å²) in [5, 5.41) is 13.1. The van der Waals surface area contributed by atoms with Crippen molar-refractivity contribution in [1.82, 2.24) is 4.98 Å². The quantitative estimate of drug-likeness (QED) is 0.292. The largest absolute Gasteiger partial charge is 0.478 e. The molecule has 3 aromatic rings. The van der Waals surface area contributed by atoms with Crippen molar-refractivity contribution >= 4 is 34.4 Å². The van der Waals surface area contributed by atoms with Gasteiger partial charge in [-0.2, -0.15) is 0 Å². The molecule has 1 heterocycles. The van der Waals surface area contributed by atoms with Gasteiger partial charge in [0.2, 0.25) is 0 Å². The molecule has 1 unspecified atom stereocenters.